The summed E-state index contributed by atoms with van der Waals surface area (Å²) in [6.07, 6.45) is 3.19. The maximum Gasteiger partial charge on any atom is 0.282 e. The first kappa shape index (κ1) is 17.4. The fraction of sp³-hybridized carbons (Fsp3) is 0.222. The number of allylic oxidation sites excluding steroid dienone is 1. The second-order valence-corrected chi connectivity index (χ2v) is 6.00. The molecule has 0 N–H and O–H groups in total. The highest BCUT2D eigenvalue weighted by Crippen LogP contribution is 2.37. The Morgan fingerprint density at radius 3 is 2.38 bits per heavy atom. The Hall–Kier alpha value is -3.42. The average Bonchev–Trinajstić information content (AvgIpc) is 2.62. The summed E-state index contributed by atoms with van der Waals surface area (Å²) in [6, 6.07) is 11.1. The van der Waals surface area contributed by atoms with Crippen molar-refractivity contribution in [2.24, 2.45) is 4.99 Å². The molecule has 1 aromatic heterocycles. The molecule has 0 bridgehead atoms. The van der Waals surface area contributed by atoms with Crippen LogP contribution in [0.15, 0.2) is 71.2 Å². The molecule has 2 atom stereocenters. The Kier molecular flexibility index (Phi) is 4.83. The largest absolute Gasteiger partial charge is 0.282 e. The molecule has 0 amide bonds. The minimum absolute atomic E-state index is 0.232. The third-order valence-electron chi connectivity index (χ3n) is 4.33. The molecule has 1 aliphatic heterocycles. The van der Waals surface area contributed by atoms with Crippen molar-refractivity contribution >= 4 is 5.71 Å². The van der Waals surface area contributed by atoms with Crippen LogP contribution in [0.1, 0.15) is 24.0 Å². The molecule has 0 fully saturated rings. The Morgan fingerprint density at radius 1 is 1.08 bits per heavy atom. The molecule has 132 valence electrons. The van der Waals surface area contributed by atoms with Gasteiger partial charge in [0.15, 0.2) is 5.92 Å². The van der Waals surface area contributed by atoms with Gasteiger partial charge in [-0.05, 0) is 24.1 Å². The van der Waals surface area contributed by atoms with Gasteiger partial charge in [0, 0.05) is 23.7 Å². The summed E-state index contributed by atoms with van der Waals surface area (Å²) in [7, 11) is 0. The summed E-state index contributed by atoms with van der Waals surface area (Å²) in [5, 5.41) is 23.5. The van der Waals surface area contributed by atoms with Crippen LogP contribution in [0.5, 0.6) is 0 Å². The van der Waals surface area contributed by atoms with Gasteiger partial charge in [-0.1, -0.05) is 36.4 Å². The van der Waals surface area contributed by atoms with E-state index in [1.165, 1.54) is 12.4 Å². The van der Waals surface area contributed by atoms with Gasteiger partial charge in [-0.15, -0.1) is 0 Å². The molecule has 8 heteroatoms. The van der Waals surface area contributed by atoms with E-state index in [2.05, 4.69) is 9.98 Å². The summed E-state index contributed by atoms with van der Waals surface area (Å²) >= 11 is 0. The number of nitrogens with zero attached hydrogens (tertiary/aromatic N) is 4. The Bertz CT molecular complexity index is 894. The molecule has 8 nitrogen and oxygen atoms in total. The van der Waals surface area contributed by atoms with Crippen LogP contribution in [-0.4, -0.2) is 26.6 Å². The van der Waals surface area contributed by atoms with Crippen LogP contribution in [0, 0.1) is 20.2 Å². The molecule has 1 aromatic carbocycles. The Balaban J connectivity index is 2.17. The van der Waals surface area contributed by atoms with Crippen LogP contribution in [0.25, 0.3) is 0 Å². The predicted octanol–water partition coefficient (Wildman–Crippen LogP) is 3.02. The van der Waals surface area contributed by atoms with E-state index < -0.39 is 21.8 Å². The third kappa shape index (κ3) is 3.34. The quantitative estimate of drug-likeness (QED) is 0.606. The van der Waals surface area contributed by atoms with Gasteiger partial charge in [-0.25, -0.2) is 4.99 Å². The lowest BCUT2D eigenvalue weighted by Crippen LogP contribution is -2.40. The minimum atomic E-state index is -1.29. The standard InChI is InChI=1S/C18H16N4O4/c1-12-17(21(23)24)16(14-8-5-9-19-11-14)18(22(25)26)15(20-12)10-13-6-3-2-4-7-13/h2-9,11,16-17H,10H2,1H3. The maximum absolute atomic E-state index is 11.8. The molecule has 1 aliphatic rings. The van der Waals surface area contributed by atoms with Gasteiger partial charge in [-0.3, -0.25) is 25.2 Å². The van der Waals surface area contributed by atoms with Crippen LogP contribution in [0.2, 0.25) is 0 Å². The summed E-state index contributed by atoms with van der Waals surface area (Å²) in [6.45, 7) is 1.54. The number of benzene rings is 1. The van der Waals surface area contributed by atoms with Crippen molar-refractivity contribution < 1.29 is 9.85 Å². The first-order chi connectivity index (χ1) is 12.5. The van der Waals surface area contributed by atoms with Gasteiger partial charge in [-0.2, -0.15) is 0 Å². The van der Waals surface area contributed by atoms with Gasteiger partial charge in [0.05, 0.1) is 10.6 Å². The van der Waals surface area contributed by atoms with Crippen molar-refractivity contribution in [1.82, 2.24) is 4.98 Å². The lowest BCUT2D eigenvalue weighted by Gasteiger charge is -2.24. The second-order valence-electron chi connectivity index (χ2n) is 6.00. The molecule has 0 saturated heterocycles. The van der Waals surface area contributed by atoms with Crippen LogP contribution in [0.3, 0.4) is 0 Å². The number of nitro groups is 2. The van der Waals surface area contributed by atoms with Gasteiger partial charge < -0.3 is 0 Å². The monoisotopic (exact) mass is 352 g/mol. The fourth-order valence-corrected chi connectivity index (χ4v) is 3.22. The fourth-order valence-electron chi connectivity index (χ4n) is 3.22. The number of hydrogen-bond donors (Lipinski definition) is 0. The van der Waals surface area contributed by atoms with Crippen LogP contribution in [-0.2, 0) is 6.42 Å². The zero-order valence-electron chi connectivity index (χ0n) is 14.0. The minimum Gasteiger partial charge on any atom is -0.264 e. The highest BCUT2D eigenvalue weighted by molar-refractivity contribution is 5.89. The SMILES string of the molecule is CC1=NC(Cc2ccccc2)=C([N+](=O)[O-])C(c2cccnc2)C1[N+](=O)[O-]. The maximum atomic E-state index is 11.8. The highest BCUT2D eigenvalue weighted by atomic mass is 16.6. The predicted molar refractivity (Wildman–Crippen MR) is 95.0 cm³/mol. The van der Waals surface area contributed by atoms with Crippen molar-refractivity contribution in [3.63, 3.8) is 0 Å². The van der Waals surface area contributed by atoms with Crippen molar-refractivity contribution in [2.75, 3.05) is 0 Å². The van der Waals surface area contributed by atoms with Gasteiger partial charge in [0.1, 0.15) is 5.70 Å². The lowest BCUT2D eigenvalue weighted by atomic mass is 9.83. The van der Waals surface area contributed by atoms with Gasteiger partial charge in [0.25, 0.3) is 11.7 Å². The molecule has 0 aliphatic carbocycles. The number of pyridine rings is 1. The van der Waals surface area contributed by atoms with E-state index in [0.29, 0.717) is 5.56 Å². The Morgan fingerprint density at radius 2 is 1.81 bits per heavy atom. The van der Waals surface area contributed by atoms with E-state index in [1.54, 1.807) is 19.1 Å². The molecule has 2 heterocycles. The van der Waals surface area contributed by atoms with E-state index in [1.807, 2.05) is 30.3 Å². The van der Waals surface area contributed by atoms with Crippen molar-refractivity contribution in [2.45, 2.75) is 25.3 Å². The molecule has 2 aromatic rings. The third-order valence-corrected chi connectivity index (χ3v) is 4.33. The summed E-state index contributed by atoms with van der Waals surface area (Å²) in [4.78, 5) is 30.6. The van der Waals surface area contributed by atoms with Crippen molar-refractivity contribution in [3.05, 3.63) is 97.6 Å². The summed E-state index contributed by atoms with van der Waals surface area (Å²) < 4.78 is 0. The lowest BCUT2D eigenvalue weighted by molar-refractivity contribution is -0.516. The van der Waals surface area contributed by atoms with E-state index >= 15 is 0 Å². The van der Waals surface area contributed by atoms with Crippen molar-refractivity contribution in [3.8, 4) is 0 Å². The summed E-state index contributed by atoms with van der Waals surface area (Å²) in [5.41, 5.74) is 1.53. The molecule has 0 spiro atoms. The summed E-state index contributed by atoms with van der Waals surface area (Å²) in [5.74, 6) is -1.04. The second kappa shape index (κ2) is 7.22. The van der Waals surface area contributed by atoms with Crippen LogP contribution in [0.4, 0.5) is 0 Å². The van der Waals surface area contributed by atoms with Crippen molar-refractivity contribution in [1.29, 1.82) is 0 Å². The average molecular weight is 352 g/mol. The van der Waals surface area contributed by atoms with E-state index in [4.69, 9.17) is 0 Å². The molecule has 0 radical (unpaired) electrons. The van der Waals surface area contributed by atoms with Gasteiger partial charge >= 0.3 is 0 Å². The zero-order valence-corrected chi connectivity index (χ0v) is 14.0. The molecule has 0 saturated carbocycles. The number of rotatable bonds is 5. The first-order valence-electron chi connectivity index (χ1n) is 7.99. The number of aliphatic imine (C=N–C) groups is 1. The normalized spacial score (nSPS) is 19.8. The zero-order chi connectivity index (χ0) is 18.7. The molecule has 2 unspecified atom stereocenters. The Labute approximate surface area is 149 Å². The topological polar surface area (TPSA) is 112 Å². The molecule has 3 rings (SSSR count). The molecular formula is C18H16N4O4. The van der Waals surface area contributed by atoms with Gasteiger partial charge in [0.2, 0.25) is 0 Å². The smallest absolute Gasteiger partial charge is 0.264 e. The first-order valence-corrected chi connectivity index (χ1v) is 7.99. The molecular weight excluding hydrogens is 336 g/mol. The van der Waals surface area contributed by atoms with E-state index in [9.17, 15) is 20.2 Å². The van der Waals surface area contributed by atoms with Crippen LogP contribution < -0.4 is 0 Å². The van der Waals surface area contributed by atoms with E-state index in [-0.39, 0.29) is 23.5 Å². The molecule has 26 heavy (non-hydrogen) atoms. The number of hydrogen-bond acceptors (Lipinski definition) is 6. The highest BCUT2D eigenvalue weighted by Gasteiger charge is 2.48. The van der Waals surface area contributed by atoms with Crippen LogP contribution >= 0.6 is 0 Å². The van der Waals surface area contributed by atoms with E-state index in [0.717, 1.165) is 5.56 Å². The number of aromatic nitrogens is 1.